The lowest BCUT2D eigenvalue weighted by Gasteiger charge is -2.27. The highest BCUT2D eigenvalue weighted by atomic mass is 35.5. The van der Waals surface area contributed by atoms with Crippen LogP contribution in [0.3, 0.4) is 0 Å². The Kier molecular flexibility index (Phi) is 7.78. The van der Waals surface area contributed by atoms with E-state index in [2.05, 4.69) is 4.90 Å². The molecule has 2 aliphatic rings. The van der Waals surface area contributed by atoms with Gasteiger partial charge in [-0.1, -0.05) is 41.9 Å². The molecule has 0 N–H and O–H groups in total. The normalized spacial score (nSPS) is 17.6. The summed E-state index contributed by atoms with van der Waals surface area (Å²) in [5, 5.41) is 0.633. The maximum absolute atomic E-state index is 13.0. The Hall–Kier alpha value is -3.37. The molecule has 0 aliphatic carbocycles. The van der Waals surface area contributed by atoms with Crippen LogP contribution in [0.15, 0.2) is 60.8 Å². The molecular formula is C31H31ClN4O4S. The zero-order chi connectivity index (χ0) is 28.6. The highest BCUT2D eigenvalue weighted by molar-refractivity contribution is 7.91. The highest BCUT2D eigenvalue weighted by Gasteiger charge is 2.23. The van der Waals surface area contributed by atoms with Gasteiger partial charge < -0.3 is 9.64 Å². The molecule has 41 heavy (non-hydrogen) atoms. The van der Waals surface area contributed by atoms with Gasteiger partial charge in [0.2, 0.25) is 0 Å². The first-order chi connectivity index (χ1) is 19.8. The van der Waals surface area contributed by atoms with Gasteiger partial charge in [0, 0.05) is 54.4 Å². The molecule has 3 aromatic carbocycles. The Morgan fingerprint density at radius 3 is 2.46 bits per heavy atom. The van der Waals surface area contributed by atoms with E-state index < -0.39 is 9.84 Å². The number of aromatic nitrogens is 2. The van der Waals surface area contributed by atoms with Gasteiger partial charge in [0.15, 0.2) is 9.84 Å². The Balaban J connectivity index is 1.27. The molecule has 0 spiro atoms. The van der Waals surface area contributed by atoms with Crippen LogP contribution in [-0.2, 0) is 21.1 Å². The molecule has 212 valence electrons. The van der Waals surface area contributed by atoms with Crippen molar-refractivity contribution in [1.29, 1.82) is 0 Å². The van der Waals surface area contributed by atoms with Crippen LogP contribution < -0.4 is 0 Å². The van der Waals surface area contributed by atoms with Gasteiger partial charge in [0.25, 0.3) is 5.91 Å². The molecule has 6 rings (SSSR count). The summed E-state index contributed by atoms with van der Waals surface area (Å²) >= 11 is 6.73. The third-order valence-electron chi connectivity index (χ3n) is 7.82. The first kappa shape index (κ1) is 27.8. The summed E-state index contributed by atoms with van der Waals surface area (Å²) < 4.78 is 28.9. The molecule has 3 heterocycles. The average Bonchev–Trinajstić information content (AvgIpc) is 2.98. The summed E-state index contributed by atoms with van der Waals surface area (Å²) in [7, 11) is -2.93. The van der Waals surface area contributed by atoms with E-state index in [1.54, 1.807) is 6.20 Å². The minimum absolute atomic E-state index is 0.0230. The van der Waals surface area contributed by atoms with E-state index in [0.29, 0.717) is 56.5 Å². The van der Waals surface area contributed by atoms with Crippen molar-refractivity contribution in [2.75, 3.05) is 50.9 Å². The maximum atomic E-state index is 13.0. The van der Waals surface area contributed by atoms with Crippen LogP contribution in [0.1, 0.15) is 21.5 Å². The Morgan fingerprint density at radius 2 is 1.73 bits per heavy atom. The fraction of sp³-hybridized carbons (Fsp3) is 0.323. The monoisotopic (exact) mass is 590 g/mol. The van der Waals surface area contributed by atoms with Gasteiger partial charge in [-0.25, -0.2) is 13.4 Å². The van der Waals surface area contributed by atoms with Crippen molar-refractivity contribution in [2.24, 2.45) is 0 Å². The topological polar surface area (TPSA) is 92.7 Å². The number of benzene rings is 3. The van der Waals surface area contributed by atoms with E-state index in [4.69, 9.17) is 26.3 Å². The molecule has 0 bridgehead atoms. The fourth-order valence-corrected chi connectivity index (χ4v) is 6.91. The van der Waals surface area contributed by atoms with Gasteiger partial charge in [-0.05, 0) is 47.9 Å². The molecule has 0 saturated carbocycles. The Bertz CT molecular complexity index is 1720. The number of amides is 1. The largest absolute Gasteiger partial charge is 0.378 e. The van der Waals surface area contributed by atoms with Crippen LogP contribution in [0.2, 0.25) is 5.02 Å². The number of sulfone groups is 1. The van der Waals surface area contributed by atoms with Crippen molar-refractivity contribution >= 4 is 38.4 Å². The second-order valence-corrected chi connectivity index (χ2v) is 13.3. The molecule has 2 saturated heterocycles. The van der Waals surface area contributed by atoms with Gasteiger partial charge in [-0.3, -0.25) is 14.7 Å². The van der Waals surface area contributed by atoms with Gasteiger partial charge in [-0.15, -0.1) is 0 Å². The molecule has 4 aromatic rings. The van der Waals surface area contributed by atoms with Crippen LogP contribution in [0, 0.1) is 6.92 Å². The average molecular weight is 591 g/mol. The molecule has 0 unspecified atom stereocenters. The van der Waals surface area contributed by atoms with Crippen molar-refractivity contribution < 1.29 is 17.9 Å². The zero-order valence-electron chi connectivity index (χ0n) is 22.8. The van der Waals surface area contributed by atoms with E-state index >= 15 is 0 Å². The summed E-state index contributed by atoms with van der Waals surface area (Å²) in [6.45, 7) is 5.93. The quantitative estimate of drug-likeness (QED) is 0.335. The third kappa shape index (κ3) is 5.99. The predicted octanol–water partition coefficient (Wildman–Crippen LogP) is 4.63. The number of halogens is 1. The maximum Gasteiger partial charge on any atom is 0.254 e. The van der Waals surface area contributed by atoms with Gasteiger partial charge in [0.1, 0.15) is 0 Å². The van der Waals surface area contributed by atoms with Crippen molar-refractivity contribution in [3.63, 3.8) is 0 Å². The number of hydrogen-bond acceptors (Lipinski definition) is 7. The summed E-state index contributed by atoms with van der Waals surface area (Å²) in [5.74, 6) is 0.396. The van der Waals surface area contributed by atoms with E-state index in [9.17, 15) is 13.2 Å². The third-order valence-corrected chi connectivity index (χ3v) is 9.78. The number of nitrogens with zero attached hydrogens (tertiary/aromatic N) is 4. The number of morpholine rings is 1. The van der Waals surface area contributed by atoms with Gasteiger partial charge in [-0.2, -0.15) is 0 Å². The molecule has 1 aromatic heterocycles. The second-order valence-electron chi connectivity index (χ2n) is 10.6. The molecular weight excluding hydrogens is 560 g/mol. The van der Waals surface area contributed by atoms with Gasteiger partial charge in [0.05, 0.1) is 47.6 Å². The number of fused-ring (bicyclic) bond motifs is 1. The Labute approximate surface area is 244 Å². The first-order valence-corrected chi connectivity index (χ1v) is 15.9. The number of rotatable bonds is 5. The number of hydrogen-bond donors (Lipinski definition) is 0. The fourth-order valence-electron chi connectivity index (χ4n) is 5.40. The van der Waals surface area contributed by atoms with Crippen LogP contribution in [0.5, 0.6) is 0 Å². The number of aryl methyl sites for hydroxylation is 1. The summed E-state index contributed by atoms with van der Waals surface area (Å²) in [5.41, 5.74) is 7.55. The second kappa shape index (κ2) is 11.5. The minimum Gasteiger partial charge on any atom is -0.378 e. The van der Waals surface area contributed by atoms with E-state index in [1.807, 2.05) is 66.4 Å². The SMILES string of the molecule is Cc1cc(-c2cnc3cccc(-c4ccc(CN5CCS(=O)(=O)CC5)c(Cl)c4)c3n2)ccc1C(=O)N1CCOCC1. The van der Waals surface area contributed by atoms with Crippen molar-refractivity contribution in [1.82, 2.24) is 19.8 Å². The Morgan fingerprint density at radius 1 is 0.976 bits per heavy atom. The van der Waals surface area contributed by atoms with Crippen molar-refractivity contribution in [3.8, 4) is 22.4 Å². The van der Waals surface area contributed by atoms with E-state index in [1.165, 1.54) is 0 Å². The molecule has 2 aliphatic heterocycles. The summed E-state index contributed by atoms with van der Waals surface area (Å²) in [4.78, 5) is 26.7. The molecule has 0 atom stereocenters. The van der Waals surface area contributed by atoms with E-state index in [-0.39, 0.29) is 17.4 Å². The standard InChI is InChI=1S/C31H31ClN4O4S/c1-21-17-23(7-8-25(21)31(37)36-9-13-40-14-10-36)29-19-33-28-4-2-3-26(30(28)34-29)22-5-6-24(27(32)18-22)20-35-11-15-41(38,39)16-12-35/h2-8,17-19H,9-16,20H2,1H3. The van der Waals surface area contributed by atoms with Crippen LogP contribution in [0.4, 0.5) is 0 Å². The van der Waals surface area contributed by atoms with Gasteiger partial charge >= 0.3 is 0 Å². The lowest BCUT2D eigenvalue weighted by molar-refractivity contribution is 0.0302. The molecule has 2 fully saturated rings. The summed E-state index contributed by atoms with van der Waals surface area (Å²) in [6, 6.07) is 17.7. The van der Waals surface area contributed by atoms with Crippen LogP contribution in [0.25, 0.3) is 33.4 Å². The summed E-state index contributed by atoms with van der Waals surface area (Å²) in [6.07, 6.45) is 1.76. The zero-order valence-corrected chi connectivity index (χ0v) is 24.4. The van der Waals surface area contributed by atoms with E-state index in [0.717, 1.165) is 44.5 Å². The van der Waals surface area contributed by atoms with Crippen molar-refractivity contribution in [2.45, 2.75) is 13.5 Å². The van der Waals surface area contributed by atoms with Crippen LogP contribution >= 0.6 is 11.6 Å². The molecule has 10 heteroatoms. The first-order valence-electron chi connectivity index (χ1n) is 13.7. The smallest absolute Gasteiger partial charge is 0.254 e. The number of carbonyl (C=O) groups is 1. The number of ether oxygens (including phenoxy) is 1. The molecule has 0 radical (unpaired) electrons. The lowest BCUT2D eigenvalue weighted by atomic mass is 10.0. The number of para-hydroxylation sites is 1. The van der Waals surface area contributed by atoms with Crippen LogP contribution in [-0.4, -0.2) is 85.0 Å². The van der Waals surface area contributed by atoms with Crippen molar-refractivity contribution in [3.05, 3.63) is 82.5 Å². The molecule has 1 amide bonds. The predicted molar refractivity (Wildman–Crippen MR) is 161 cm³/mol. The lowest BCUT2D eigenvalue weighted by Crippen LogP contribution is -2.40. The molecule has 8 nitrogen and oxygen atoms in total. The minimum atomic E-state index is -2.93. The highest BCUT2D eigenvalue weighted by Crippen LogP contribution is 2.32. The number of carbonyl (C=O) groups excluding carboxylic acids is 1.